The second-order valence-electron chi connectivity index (χ2n) is 10.1. The first kappa shape index (κ1) is 58.1. The molecule has 0 saturated carbocycles. The van der Waals surface area contributed by atoms with E-state index in [0.29, 0.717) is 12.1 Å². The van der Waals surface area contributed by atoms with Crippen LogP contribution in [0.4, 0.5) is 22.7 Å². The molecule has 4 aromatic carbocycles. The van der Waals surface area contributed by atoms with Gasteiger partial charge in [-0.15, -0.1) is 10.2 Å². The summed E-state index contributed by atoms with van der Waals surface area (Å²) in [5.74, 6) is -2.83. The van der Waals surface area contributed by atoms with Crippen LogP contribution >= 0.6 is 0 Å². The third-order valence-corrected chi connectivity index (χ3v) is 11.2. The van der Waals surface area contributed by atoms with Gasteiger partial charge in [0.1, 0.15) is 26.9 Å². The van der Waals surface area contributed by atoms with E-state index in [1.807, 2.05) is 0 Å². The van der Waals surface area contributed by atoms with Crippen LogP contribution in [0.1, 0.15) is 5.56 Å². The summed E-state index contributed by atoms with van der Waals surface area (Å²) in [6, 6.07) is 8.33. The fraction of sp³-hybridized carbons (Fsp3) is 0.120. The van der Waals surface area contributed by atoms with E-state index in [1.54, 1.807) is 0 Å². The number of aromatic hydroxyl groups is 2. The van der Waals surface area contributed by atoms with Gasteiger partial charge in [0, 0.05) is 28.5 Å². The van der Waals surface area contributed by atoms with Gasteiger partial charge in [0.15, 0.2) is 15.6 Å². The van der Waals surface area contributed by atoms with E-state index in [0.717, 1.165) is 18.2 Å². The number of nitrogens with zero attached hydrogens (tertiary/aromatic N) is 4. The monoisotopic (exact) mass is 965 g/mol. The van der Waals surface area contributed by atoms with Gasteiger partial charge in [0.2, 0.25) is 0 Å². The molecule has 0 spiro atoms. The molecule has 21 nitrogen and oxygen atoms in total. The Morgan fingerprint density at radius 3 is 1.73 bits per heavy atom. The van der Waals surface area contributed by atoms with Crippen molar-refractivity contribution in [3.63, 3.8) is 0 Å². The van der Waals surface area contributed by atoms with Crippen molar-refractivity contribution in [3.05, 3.63) is 60.2 Å². The topological polar surface area (TPSA) is 351 Å². The quantitative estimate of drug-likeness (QED) is 0.0436. The first-order valence-corrected chi connectivity index (χ1v) is 20.5. The third-order valence-electron chi connectivity index (χ3n) is 6.53. The maximum atomic E-state index is 12.5. The van der Waals surface area contributed by atoms with Crippen LogP contribution in [0.3, 0.4) is 0 Å². The Hall–Kier alpha value is 0.00948. The molecule has 0 heterocycles. The van der Waals surface area contributed by atoms with Crippen LogP contribution in [-0.2, 0) is 71.8 Å². The second kappa shape index (κ2) is 22.2. The Morgan fingerprint density at radius 2 is 1.20 bits per heavy atom. The zero-order valence-electron chi connectivity index (χ0n) is 29.4. The molecule has 0 bridgehead atoms. The van der Waals surface area contributed by atoms with Gasteiger partial charge in [-0.2, -0.15) is 43.9 Å². The van der Waals surface area contributed by atoms with E-state index >= 15 is 0 Å². The number of benzene rings is 4. The first-order valence-electron chi connectivity index (χ1n) is 13.2. The number of hydrogen-bond donors (Lipinski definition) is 6. The molecule has 285 valence electrons. The van der Waals surface area contributed by atoms with Crippen LogP contribution in [-0.4, -0.2) is 82.9 Å². The van der Waals surface area contributed by atoms with Gasteiger partial charge in [-0.3, -0.25) is 18.2 Å². The standard InChI is InChI=1S/C25H22N4O17S5.Cu.4Na/c1-13-7-19(20(30)12-18(13)27-26-15-3-2-4-16(10-15)47(32,33)6-5-46-51(43,44)45)28-29-24-22(50(40,41)42)9-14-8-17(48(34,35)36)11-21(49(37,38)39)23(14)25(24)31;;;;;/h2-4,7-12,30-31H,5-6H2,1H3,(H,34,35,36)(H,37,38,39)(H,40,41,42)(H,43,44,45);;;;;/q;;4*+1. The van der Waals surface area contributed by atoms with E-state index in [-0.39, 0.29) is 163 Å². The summed E-state index contributed by atoms with van der Waals surface area (Å²) in [6.07, 6.45) is 0. The normalized spacial score (nSPS) is 12.2. The largest absolute Gasteiger partial charge is 1.00 e. The molecule has 0 unspecified atom stereocenters. The minimum absolute atomic E-state index is 0. The number of rotatable bonds is 12. The smallest absolute Gasteiger partial charge is 0.506 e. The molecule has 6 N–H and O–H groups in total. The van der Waals surface area contributed by atoms with Crippen molar-refractivity contribution >= 4 is 84.1 Å². The molecule has 0 aliphatic carbocycles. The summed E-state index contributed by atoms with van der Waals surface area (Å²) in [5, 5.41) is 34.9. The molecule has 0 atom stereocenters. The van der Waals surface area contributed by atoms with Crippen LogP contribution in [0.15, 0.2) is 94.6 Å². The summed E-state index contributed by atoms with van der Waals surface area (Å²) in [7, 11) is -24.8. The average molecular weight is 966 g/mol. The van der Waals surface area contributed by atoms with E-state index in [4.69, 9.17) is 4.55 Å². The summed E-state index contributed by atoms with van der Waals surface area (Å²) in [4.78, 5) is -3.96. The SMILES string of the molecule is Cc1cc(N=Nc2c(S(=O)(=O)O)cc3cc(S(=O)(=O)O)cc(S(=O)(=O)O)c3c2O)c(O)cc1N=Nc1cccc(S(=O)(=O)CCOS(=O)(=O)O)c1.[Cu].[Na+].[Na+].[Na+].[Na+]. The zero-order valence-corrected chi connectivity index (χ0v) is 42.4. The fourth-order valence-corrected chi connectivity index (χ4v) is 7.80. The minimum Gasteiger partial charge on any atom is -0.506 e. The Bertz CT molecular complexity index is 2740. The van der Waals surface area contributed by atoms with Gasteiger partial charge in [0.25, 0.3) is 30.4 Å². The Labute approximate surface area is 419 Å². The summed E-state index contributed by atoms with van der Waals surface area (Å²) < 4.78 is 160. The number of sulfone groups is 1. The van der Waals surface area contributed by atoms with Gasteiger partial charge < -0.3 is 10.2 Å². The molecule has 0 saturated heterocycles. The molecule has 56 heavy (non-hydrogen) atoms. The molecular weight excluding hydrogens is 944 g/mol. The van der Waals surface area contributed by atoms with Gasteiger partial charge in [0.05, 0.1) is 33.5 Å². The molecular formula is C25H22CuN4Na4O17S5+4. The molecule has 1 radical (unpaired) electrons. The summed E-state index contributed by atoms with van der Waals surface area (Å²) in [6.45, 7) is 0.571. The molecule has 4 rings (SSSR count). The van der Waals surface area contributed by atoms with Crippen molar-refractivity contribution < 1.29 is 210 Å². The maximum Gasteiger partial charge on any atom is 1.00 e. The van der Waals surface area contributed by atoms with E-state index < -0.39 is 111 Å². The van der Waals surface area contributed by atoms with Gasteiger partial charge in [-0.05, 0) is 60.3 Å². The number of azo groups is 2. The zero-order chi connectivity index (χ0) is 38.3. The fourth-order valence-electron chi connectivity index (χ4n) is 4.25. The predicted octanol–water partition coefficient (Wildman–Crippen LogP) is -8.26. The van der Waals surface area contributed by atoms with Crippen LogP contribution in [0.2, 0.25) is 0 Å². The van der Waals surface area contributed by atoms with Crippen molar-refractivity contribution in [2.45, 2.75) is 26.5 Å². The van der Waals surface area contributed by atoms with E-state index in [9.17, 15) is 66.0 Å². The molecule has 31 heteroatoms. The summed E-state index contributed by atoms with van der Waals surface area (Å²) in [5.41, 5.74) is -1.33. The number of fused-ring (bicyclic) bond motifs is 1. The number of phenols is 2. The average Bonchev–Trinajstić information content (AvgIpc) is 2.98. The minimum atomic E-state index is -5.37. The van der Waals surface area contributed by atoms with Crippen LogP contribution < -0.4 is 118 Å². The molecule has 0 aliphatic rings. The van der Waals surface area contributed by atoms with Crippen molar-refractivity contribution in [2.75, 3.05) is 12.4 Å². The molecule has 4 aromatic rings. The van der Waals surface area contributed by atoms with Gasteiger partial charge in [-0.25, -0.2) is 12.6 Å². The molecule has 0 amide bonds. The molecule has 0 aliphatic heterocycles. The van der Waals surface area contributed by atoms with Crippen molar-refractivity contribution in [3.8, 4) is 11.5 Å². The van der Waals surface area contributed by atoms with Crippen LogP contribution in [0, 0.1) is 6.92 Å². The van der Waals surface area contributed by atoms with Gasteiger partial charge >= 0.3 is 129 Å². The molecule has 0 fully saturated rings. The molecule has 0 aromatic heterocycles. The number of phenolic OH excluding ortho intramolecular Hbond substituents is 2. The Kier molecular flexibility index (Phi) is 23.0. The van der Waals surface area contributed by atoms with E-state index in [1.165, 1.54) is 25.1 Å². The van der Waals surface area contributed by atoms with Crippen molar-refractivity contribution in [1.29, 1.82) is 0 Å². The number of hydrogen-bond acceptors (Lipinski definition) is 17. The summed E-state index contributed by atoms with van der Waals surface area (Å²) >= 11 is 0. The van der Waals surface area contributed by atoms with Crippen LogP contribution in [0.25, 0.3) is 10.8 Å². The van der Waals surface area contributed by atoms with Crippen molar-refractivity contribution in [2.24, 2.45) is 20.5 Å². The van der Waals surface area contributed by atoms with Crippen molar-refractivity contribution in [1.82, 2.24) is 0 Å². The second-order valence-corrected chi connectivity index (χ2v) is 17.5. The first-order chi connectivity index (χ1) is 23.3. The Morgan fingerprint density at radius 1 is 0.625 bits per heavy atom. The predicted molar refractivity (Wildman–Crippen MR) is 172 cm³/mol. The number of aryl methyl sites for hydroxylation is 1. The van der Waals surface area contributed by atoms with E-state index in [2.05, 4.69) is 24.6 Å². The van der Waals surface area contributed by atoms with Gasteiger partial charge in [-0.1, -0.05) is 6.07 Å². The Balaban J connectivity index is 0. The van der Waals surface area contributed by atoms with Crippen LogP contribution in [0.5, 0.6) is 11.5 Å². The maximum absolute atomic E-state index is 12.5. The third kappa shape index (κ3) is 15.2.